The molecule has 0 bridgehead atoms. The monoisotopic (exact) mass is 676 g/mol. The van der Waals surface area contributed by atoms with Crippen molar-refractivity contribution in [2.24, 2.45) is 17.6 Å². The van der Waals surface area contributed by atoms with Crippen LogP contribution in [0.4, 0.5) is 10.5 Å². The van der Waals surface area contributed by atoms with E-state index < -0.39 is 109 Å². The van der Waals surface area contributed by atoms with Crippen LogP contribution < -0.4 is 15.8 Å². The van der Waals surface area contributed by atoms with Gasteiger partial charge in [0.1, 0.15) is 22.8 Å². The number of benzene rings is 2. The molecule has 0 saturated heterocycles. The van der Waals surface area contributed by atoms with Gasteiger partial charge in [-0.15, -0.1) is 0 Å². The summed E-state index contributed by atoms with van der Waals surface area (Å²) in [6.45, 7) is 1.54. The number of nitrogens with two attached hydrogens (primary N) is 1. The van der Waals surface area contributed by atoms with E-state index in [2.05, 4.69) is 5.32 Å². The highest BCUT2D eigenvalue weighted by atomic mass is 35.5. The third-order valence-electron chi connectivity index (χ3n) is 8.73. The van der Waals surface area contributed by atoms with Crippen LogP contribution in [-0.2, 0) is 24.4 Å². The van der Waals surface area contributed by atoms with Gasteiger partial charge in [-0.1, -0.05) is 24.6 Å². The summed E-state index contributed by atoms with van der Waals surface area (Å²) in [4.78, 5) is 53.1. The first kappa shape index (κ1) is 32.9. The number of sulfonamides is 1. The highest BCUT2D eigenvalue weighted by molar-refractivity contribution is 7.90. The number of Topliss-reactive ketones (excluding diaryl/α,β-unsaturated/α-hetero) is 2. The number of aliphatic hydroxyl groups excluding tert-OH is 3. The van der Waals surface area contributed by atoms with Crippen molar-refractivity contribution < 1.29 is 53.1 Å². The molecule has 3 aliphatic carbocycles. The predicted octanol–water partition coefficient (Wildman–Crippen LogP) is 0.660. The number of rotatable bonds is 5. The molecule has 46 heavy (non-hydrogen) atoms. The number of nitrogens with zero attached hydrogens (tertiary/aromatic N) is 1. The van der Waals surface area contributed by atoms with Crippen LogP contribution in [0.5, 0.6) is 5.75 Å². The predicted molar refractivity (Wildman–Crippen MR) is 161 cm³/mol. The van der Waals surface area contributed by atoms with Crippen molar-refractivity contribution in [1.29, 1.82) is 0 Å². The minimum Gasteiger partial charge on any atom is -0.508 e. The number of likely N-dealkylation sites (N-methyl/N-ethyl adjacent to an activating group) is 1. The second kappa shape index (κ2) is 11.1. The number of fused-ring (bicyclic) bond motifs is 3. The van der Waals surface area contributed by atoms with Gasteiger partial charge in [-0.3, -0.25) is 19.3 Å². The number of carbonyl (C=O) groups excluding carboxylic acids is 4. The van der Waals surface area contributed by atoms with Gasteiger partial charge in [0.25, 0.3) is 15.9 Å². The van der Waals surface area contributed by atoms with Crippen LogP contribution in [0.1, 0.15) is 24.0 Å². The average Bonchev–Trinajstić information content (AvgIpc) is 2.95. The van der Waals surface area contributed by atoms with E-state index in [-0.39, 0.29) is 15.5 Å². The lowest BCUT2D eigenvalue weighted by Gasteiger charge is -2.53. The molecule has 244 valence electrons. The number of amides is 3. The Hall–Kier alpha value is -4.48. The number of hydrogen-bond donors (Lipinski definition) is 8. The van der Waals surface area contributed by atoms with Gasteiger partial charge in [-0.05, 0) is 55.9 Å². The number of phenolic OH excluding ortho intramolecular Hbond substituents is 1. The normalized spacial score (nSPS) is 27.6. The van der Waals surface area contributed by atoms with Gasteiger partial charge in [0, 0.05) is 16.5 Å². The molecule has 0 heterocycles. The van der Waals surface area contributed by atoms with E-state index in [0.717, 1.165) is 12.1 Å². The van der Waals surface area contributed by atoms with Crippen molar-refractivity contribution >= 4 is 56.6 Å². The van der Waals surface area contributed by atoms with Gasteiger partial charge in [0.05, 0.1) is 34.2 Å². The maximum Gasteiger partial charge on any atom is 0.333 e. The Kier molecular flexibility index (Phi) is 7.94. The number of carbonyl (C=O) groups is 4. The molecule has 17 heteroatoms. The van der Waals surface area contributed by atoms with Gasteiger partial charge in [-0.25, -0.2) is 17.9 Å². The maximum absolute atomic E-state index is 14.1. The van der Waals surface area contributed by atoms with Gasteiger partial charge < -0.3 is 36.6 Å². The second-order valence-corrected chi connectivity index (χ2v) is 13.6. The Balaban J connectivity index is 1.59. The summed E-state index contributed by atoms with van der Waals surface area (Å²) in [6, 6.07) is 4.67. The molecule has 0 aliphatic heterocycles. The number of halogens is 1. The number of urea groups is 1. The van der Waals surface area contributed by atoms with Crippen molar-refractivity contribution in [3.05, 3.63) is 69.5 Å². The molecule has 0 radical (unpaired) electrons. The van der Waals surface area contributed by atoms with Gasteiger partial charge in [-0.2, -0.15) is 0 Å². The maximum atomic E-state index is 14.1. The quantitative estimate of drug-likeness (QED) is 0.160. The fraction of sp³-hybridized carbons (Fsp3) is 0.310. The molecule has 0 unspecified atom stereocenters. The summed E-state index contributed by atoms with van der Waals surface area (Å²) in [7, 11) is -1.58. The Morgan fingerprint density at radius 3 is 2.22 bits per heavy atom. The van der Waals surface area contributed by atoms with E-state index in [1.165, 1.54) is 50.2 Å². The highest BCUT2D eigenvalue weighted by Gasteiger charge is 2.68. The first-order chi connectivity index (χ1) is 21.4. The van der Waals surface area contributed by atoms with Gasteiger partial charge in [0.2, 0.25) is 5.78 Å². The first-order valence-electron chi connectivity index (χ1n) is 13.6. The zero-order valence-electron chi connectivity index (χ0n) is 24.3. The molecule has 15 nitrogen and oxygen atoms in total. The van der Waals surface area contributed by atoms with Crippen LogP contribution in [-0.4, -0.2) is 94.2 Å². The van der Waals surface area contributed by atoms with Crippen molar-refractivity contribution in [3.63, 3.8) is 0 Å². The molecular formula is C29H29ClN4O11S. The minimum absolute atomic E-state index is 0.182. The summed E-state index contributed by atoms with van der Waals surface area (Å²) in [6.07, 6.45) is -1.78. The SMILES string of the molecule is C[C@H]1c2ccc(NC(=O)NS(=O)(=O)c3ccc(Cl)cc3)c(O)c2C(O)=C2C(=O)[C@]3(O)C(O)=C(C(N)=O)C(=O)[C@@H](N(C)C)[C@@H]3[C@@H](O)[C@@H]21. The summed E-state index contributed by atoms with van der Waals surface area (Å²) in [5, 5.41) is 59.4. The fourth-order valence-electron chi connectivity index (χ4n) is 6.66. The van der Waals surface area contributed by atoms with Crippen LogP contribution in [0.15, 0.2) is 58.2 Å². The van der Waals surface area contributed by atoms with E-state index >= 15 is 0 Å². The topological polar surface area (TPSA) is 257 Å². The Bertz CT molecular complexity index is 1890. The summed E-state index contributed by atoms with van der Waals surface area (Å²) in [5.41, 5.74) is -0.0617. The van der Waals surface area contributed by atoms with Gasteiger partial charge in [0.15, 0.2) is 11.4 Å². The van der Waals surface area contributed by atoms with Gasteiger partial charge >= 0.3 is 6.03 Å². The van der Waals surface area contributed by atoms with E-state index in [1.807, 2.05) is 0 Å². The number of anilines is 1. The molecule has 0 aromatic heterocycles. The Morgan fingerprint density at radius 1 is 1.04 bits per heavy atom. The number of phenols is 1. The molecule has 2 aromatic rings. The Morgan fingerprint density at radius 2 is 1.65 bits per heavy atom. The zero-order valence-corrected chi connectivity index (χ0v) is 25.9. The first-order valence-corrected chi connectivity index (χ1v) is 15.5. The highest BCUT2D eigenvalue weighted by Crippen LogP contribution is 2.56. The molecule has 5 rings (SSSR count). The number of ketones is 2. The van der Waals surface area contributed by atoms with E-state index in [1.54, 1.807) is 4.72 Å². The van der Waals surface area contributed by atoms with Crippen LogP contribution in [0.2, 0.25) is 5.02 Å². The lowest BCUT2D eigenvalue weighted by atomic mass is 9.54. The van der Waals surface area contributed by atoms with E-state index in [4.69, 9.17) is 17.3 Å². The summed E-state index contributed by atoms with van der Waals surface area (Å²) < 4.78 is 27.0. The summed E-state index contributed by atoms with van der Waals surface area (Å²) >= 11 is 5.78. The van der Waals surface area contributed by atoms with Crippen LogP contribution in [0, 0.1) is 11.8 Å². The molecule has 1 fully saturated rings. The summed E-state index contributed by atoms with van der Waals surface area (Å²) in [5.74, 6) is -10.8. The van der Waals surface area contributed by atoms with Crippen molar-refractivity contribution in [2.45, 2.75) is 35.5 Å². The molecule has 3 aliphatic rings. The number of nitrogens with one attached hydrogen (secondary N) is 2. The molecule has 1 saturated carbocycles. The smallest absolute Gasteiger partial charge is 0.333 e. The van der Waals surface area contributed by atoms with Crippen LogP contribution in [0.3, 0.4) is 0 Å². The molecule has 9 N–H and O–H groups in total. The number of primary amides is 1. The number of aromatic hydroxyl groups is 1. The van der Waals surface area contributed by atoms with Crippen LogP contribution in [0.25, 0.3) is 5.76 Å². The molecule has 3 amide bonds. The molecule has 6 atom stereocenters. The third kappa shape index (κ3) is 4.72. The van der Waals surface area contributed by atoms with E-state index in [0.29, 0.717) is 0 Å². The Labute approximate surface area is 266 Å². The van der Waals surface area contributed by atoms with Crippen molar-refractivity contribution in [1.82, 2.24) is 9.62 Å². The molecular weight excluding hydrogens is 648 g/mol. The molecule has 0 spiro atoms. The number of aliphatic hydroxyl groups is 4. The third-order valence-corrected chi connectivity index (χ3v) is 10.3. The number of hydrogen-bond acceptors (Lipinski definition) is 12. The van der Waals surface area contributed by atoms with Crippen LogP contribution >= 0.6 is 11.6 Å². The minimum atomic E-state index is -4.37. The molecule has 2 aromatic carbocycles. The van der Waals surface area contributed by atoms with E-state index in [9.17, 15) is 53.1 Å². The lowest BCUT2D eigenvalue weighted by Crippen LogP contribution is -2.70. The standard InChI is InChI=1S/C29H29ClN4O11S/c1-10-13-8-9-14(32-28(42)33-46(44,45)12-6-4-11(30)5-7-12)21(35)16(13)22(36)17-15(10)23(37)19-20(34(2)3)24(38)18(27(31)41)26(40)29(19,43)25(17)39/h4-10,15,19-20,23,35-37,40,43H,1-3H3,(H2,31,41)(H2,32,33,42)/t10-,15+,19+,20-,23-,29-/m0/s1. The lowest BCUT2D eigenvalue weighted by molar-refractivity contribution is -0.169. The second-order valence-electron chi connectivity index (χ2n) is 11.5. The van der Waals surface area contributed by atoms with Crippen molar-refractivity contribution in [3.8, 4) is 5.75 Å². The average molecular weight is 677 g/mol. The fourth-order valence-corrected chi connectivity index (χ4v) is 7.69. The van der Waals surface area contributed by atoms with Crippen molar-refractivity contribution in [2.75, 3.05) is 19.4 Å². The largest absolute Gasteiger partial charge is 0.508 e. The zero-order chi connectivity index (χ0) is 34.2.